The van der Waals surface area contributed by atoms with Gasteiger partial charge in [-0.25, -0.2) is 0 Å². The van der Waals surface area contributed by atoms with Gasteiger partial charge >= 0.3 is 0 Å². The van der Waals surface area contributed by atoms with E-state index in [0.717, 1.165) is 19.1 Å². The molecule has 88 valence electrons. The van der Waals surface area contributed by atoms with E-state index in [2.05, 4.69) is 0 Å². The van der Waals surface area contributed by atoms with E-state index in [1.165, 1.54) is 19.9 Å². The minimum Gasteiger partial charge on any atom is -0.300 e. The number of Topliss-reactive ketones (excluding diaryl/α,β-unsaturated/α-hetero) is 2. The van der Waals surface area contributed by atoms with Crippen LogP contribution in [0.2, 0.25) is 0 Å². The maximum atomic E-state index is 10.0. The minimum absolute atomic E-state index is 0.167. The lowest BCUT2D eigenvalue weighted by Crippen LogP contribution is -1.84. The zero-order valence-electron chi connectivity index (χ0n) is 10.4. The van der Waals surface area contributed by atoms with Gasteiger partial charge in [-0.3, -0.25) is 4.79 Å². The SMILES string of the molecule is C/C=C/C=O.CC(C)=O.CCCC(C)=O. The van der Waals surface area contributed by atoms with E-state index in [1.54, 1.807) is 19.9 Å². The predicted octanol–water partition coefficient (Wildman–Crippen LogP) is 2.73. The molecule has 0 aliphatic heterocycles. The van der Waals surface area contributed by atoms with Crippen molar-refractivity contribution < 1.29 is 14.4 Å². The van der Waals surface area contributed by atoms with Gasteiger partial charge in [-0.1, -0.05) is 13.0 Å². The highest BCUT2D eigenvalue weighted by Gasteiger charge is 1.83. The molecule has 0 aromatic carbocycles. The highest BCUT2D eigenvalue weighted by Crippen LogP contribution is 1.84. The fourth-order valence-electron chi connectivity index (χ4n) is 0.431. The molecule has 0 aromatic heterocycles. The molecule has 0 rings (SSSR count). The molecule has 0 radical (unpaired) electrons. The van der Waals surface area contributed by atoms with Crippen LogP contribution in [0.3, 0.4) is 0 Å². The first-order valence-electron chi connectivity index (χ1n) is 4.95. The number of aldehydes is 1. The van der Waals surface area contributed by atoms with Crippen molar-refractivity contribution in [2.45, 2.75) is 47.5 Å². The number of allylic oxidation sites excluding steroid dienone is 2. The zero-order valence-corrected chi connectivity index (χ0v) is 10.4. The maximum Gasteiger partial charge on any atom is 0.142 e. The maximum absolute atomic E-state index is 10.0. The number of ketones is 2. The summed E-state index contributed by atoms with van der Waals surface area (Å²) in [6.07, 6.45) is 5.60. The molecule has 0 amide bonds. The second-order valence-corrected chi connectivity index (χ2v) is 3.02. The van der Waals surface area contributed by atoms with E-state index in [1.807, 2.05) is 6.92 Å². The molecule has 0 aliphatic rings. The number of hydrogen-bond donors (Lipinski definition) is 0. The third-order valence-corrected chi connectivity index (χ3v) is 0.873. The fraction of sp³-hybridized carbons (Fsp3) is 0.583. The van der Waals surface area contributed by atoms with Gasteiger partial charge in [0.05, 0.1) is 0 Å². The molecule has 0 bridgehead atoms. The summed E-state index contributed by atoms with van der Waals surface area (Å²) in [6, 6.07) is 0. The summed E-state index contributed by atoms with van der Waals surface area (Å²) in [4.78, 5) is 28.8. The lowest BCUT2D eigenvalue weighted by Gasteiger charge is -1.80. The van der Waals surface area contributed by atoms with Crippen LogP contribution in [0.5, 0.6) is 0 Å². The molecule has 3 nitrogen and oxygen atoms in total. The Morgan fingerprint density at radius 3 is 1.53 bits per heavy atom. The first-order valence-corrected chi connectivity index (χ1v) is 4.95. The standard InChI is InChI=1S/C5H10O.C4H6O.C3H6O/c1-3-4-5(2)6;1-2-3-4-5;1-3(2)4/h3-4H2,1-2H3;2-4H,1H3;1-2H3/b;3-2+;. The van der Waals surface area contributed by atoms with Gasteiger partial charge in [0, 0.05) is 6.42 Å². The van der Waals surface area contributed by atoms with Gasteiger partial charge in [-0.05, 0) is 40.2 Å². The Bertz CT molecular complexity index is 189. The van der Waals surface area contributed by atoms with Gasteiger partial charge in [0.25, 0.3) is 0 Å². The number of rotatable bonds is 3. The summed E-state index contributed by atoms with van der Waals surface area (Å²) in [5.74, 6) is 0.456. The van der Waals surface area contributed by atoms with Crippen LogP contribution in [-0.2, 0) is 14.4 Å². The molecule has 0 fully saturated rings. The number of hydrogen-bond acceptors (Lipinski definition) is 3. The van der Waals surface area contributed by atoms with Crippen molar-refractivity contribution in [3.63, 3.8) is 0 Å². The first kappa shape index (κ1) is 19.3. The molecule has 0 aromatic rings. The third kappa shape index (κ3) is 105. The van der Waals surface area contributed by atoms with E-state index >= 15 is 0 Å². The quantitative estimate of drug-likeness (QED) is 0.536. The average molecular weight is 214 g/mol. The van der Waals surface area contributed by atoms with Crippen molar-refractivity contribution in [1.29, 1.82) is 0 Å². The monoisotopic (exact) mass is 214 g/mol. The van der Waals surface area contributed by atoms with Crippen LogP contribution in [0, 0.1) is 0 Å². The van der Waals surface area contributed by atoms with E-state index < -0.39 is 0 Å². The summed E-state index contributed by atoms with van der Waals surface area (Å²) >= 11 is 0. The van der Waals surface area contributed by atoms with Crippen molar-refractivity contribution in [1.82, 2.24) is 0 Å². The molecule has 0 atom stereocenters. The van der Waals surface area contributed by atoms with Gasteiger partial charge in [-0.2, -0.15) is 0 Å². The van der Waals surface area contributed by atoms with Crippen molar-refractivity contribution in [3.05, 3.63) is 12.2 Å². The van der Waals surface area contributed by atoms with E-state index in [0.29, 0.717) is 0 Å². The van der Waals surface area contributed by atoms with Crippen LogP contribution in [0.15, 0.2) is 12.2 Å². The molecular weight excluding hydrogens is 192 g/mol. The Labute approximate surface area is 92.6 Å². The van der Waals surface area contributed by atoms with Crippen LogP contribution in [0.1, 0.15) is 47.5 Å². The van der Waals surface area contributed by atoms with Crippen LogP contribution in [0.25, 0.3) is 0 Å². The smallest absolute Gasteiger partial charge is 0.142 e. The molecule has 3 heteroatoms. The van der Waals surface area contributed by atoms with Crippen LogP contribution in [0.4, 0.5) is 0 Å². The van der Waals surface area contributed by atoms with Crippen LogP contribution in [-0.4, -0.2) is 17.9 Å². The van der Waals surface area contributed by atoms with Gasteiger partial charge in [0.2, 0.25) is 0 Å². The van der Waals surface area contributed by atoms with Crippen molar-refractivity contribution in [2.24, 2.45) is 0 Å². The highest BCUT2D eigenvalue weighted by molar-refractivity contribution is 5.75. The highest BCUT2D eigenvalue weighted by atomic mass is 16.1. The first-order chi connectivity index (χ1) is 6.92. The molecule has 15 heavy (non-hydrogen) atoms. The number of carbonyl (C=O) groups is 3. The topological polar surface area (TPSA) is 51.2 Å². The lowest BCUT2D eigenvalue weighted by molar-refractivity contribution is -0.117. The molecule has 0 spiro atoms. The Morgan fingerprint density at radius 2 is 1.53 bits per heavy atom. The molecule has 0 heterocycles. The van der Waals surface area contributed by atoms with Crippen LogP contribution < -0.4 is 0 Å². The van der Waals surface area contributed by atoms with Crippen molar-refractivity contribution >= 4 is 17.9 Å². The van der Waals surface area contributed by atoms with Gasteiger partial charge in [0.15, 0.2) is 0 Å². The molecule has 0 aliphatic carbocycles. The lowest BCUT2D eigenvalue weighted by atomic mass is 10.3. The molecule has 0 saturated carbocycles. The van der Waals surface area contributed by atoms with Crippen LogP contribution >= 0.6 is 0 Å². The summed E-state index contributed by atoms with van der Waals surface area (Å²) in [7, 11) is 0. The Hall–Kier alpha value is -1.25. The van der Waals surface area contributed by atoms with Gasteiger partial charge in [0.1, 0.15) is 17.9 Å². The molecular formula is C12H22O3. The zero-order chi connectivity index (χ0) is 12.7. The van der Waals surface area contributed by atoms with E-state index in [4.69, 9.17) is 0 Å². The molecule has 0 N–H and O–H groups in total. The minimum atomic E-state index is 0.167. The average Bonchev–Trinajstić information content (AvgIpc) is 2.05. The van der Waals surface area contributed by atoms with Gasteiger partial charge < -0.3 is 9.59 Å². The summed E-state index contributed by atoms with van der Waals surface area (Å²) < 4.78 is 0. The van der Waals surface area contributed by atoms with Crippen molar-refractivity contribution in [2.75, 3.05) is 0 Å². The van der Waals surface area contributed by atoms with Gasteiger partial charge in [-0.15, -0.1) is 0 Å². The normalized spacial score (nSPS) is 8.07. The second kappa shape index (κ2) is 18.5. The summed E-state index contributed by atoms with van der Waals surface area (Å²) in [5.41, 5.74) is 0. The fourth-order valence-corrected chi connectivity index (χ4v) is 0.431. The second-order valence-electron chi connectivity index (χ2n) is 3.02. The van der Waals surface area contributed by atoms with Crippen molar-refractivity contribution in [3.8, 4) is 0 Å². The summed E-state index contributed by atoms with van der Waals surface area (Å²) in [6.45, 7) is 8.47. The molecule has 0 saturated heterocycles. The Kier molecular flexibility index (Phi) is 23.9. The molecule has 0 unspecified atom stereocenters. The largest absolute Gasteiger partial charge is 0.300 e. The predicted molar refractivity (Wildman–Crippen MR) is 62.8 cm³/mol. The Balaban J connectivity index is -0.000000147. The van der Waals surface area contributed by atoms with E-state index in [9.17, 15) is 14.4 Å². The third-order valence-electron chi connectivity index (χ3n) is 0.873. The number of carbonyl (C=O) groups excluding carboxylic acids is 3. The summed E-state index contributed by atoms with van der Waals surface area (Å²) in [5, 5.41) is 0. The van der Waals surface area contributed by atoms with E-state index in [-0.39, 0.29) is 11.6 Å². The Morgan fingerprint density at radius 1 is 1.13 bits per heavy atom.